The van der Waals surface area contributed by atoms with Gasteiger partial charge in [-0.3, -0.25) is 4.79 Å². The van der Waals surface area contributed by atoms with Crippen LogP contribution in [0.4, 0.5) is 0 Å². The molecule has 104 valence electrons. The Balaban J connectivity index is 1.93. The Bertz CT molecular complexity index is 424. The van der Waals surface area contributed by atoms with Gasteiger partial charge in [0.25, 0.3) is 5.91 Å². The van der Waals surface area contributed by atoms with E-state index in [0.717, 1.165) is 24.3 Å². The van der Waals surface area contributed by atoms with Gasteiger partial charge in [-0.15, -0.1) is 0 Å². The lowest BCUT2D eigenvalue weighted by Gasteiger charge is -2.26. The van der Waals surface area contributed by atoms with Crippen LogP contribution in [-0.2, 0) is 11.2 Å². The van der Waals surface area contributed by atoms with Crippen molar-refractivity contribution >= 4 is 17.7 Å². The number of carbonyl (C=O) groups is 1. The van der Waals surface area contributed by atoms with E-state index in [2.05, 4.69) is 12.2 Å². The van der Waals surface area contributed by atoms with Crippen LogP contribution in [0.1, 0.15) is 29.3 Å². The molecular weight excluding hydrogens is 258 g/mol. The zero-order chi connectivity index (χ0) is 13.7. The summed E-state index contributed by atoms with van der Waals surface area (Å²) in [5.74, 6) is 2.05. The minimum Gasteiger partial charge on any atom is -0.376 e. The van der Waals surface area contributed by atoms with Gasteiger partial charge in [-0.05, 0) is 36.3 Å². The van der Waals surface area contributed by atoms with Crippen molar-refractivity contribution in [2.24, 2.45) is 0 Å². The average molecular weight is 279 g/mol. The summed E-state index contributed by atoms with van der Waals surface area (Å²) in [7, 11) is 1.73. The highest BCUT2D eigenvalue weighted by molar-refractivity contribution is 7.99. The number of carbonyl (C=O) groups excluding carboxylic acids is 1. The molecule has 1 amide bonds. The van der Waals surface area contributed by atoms with E-state index in [4.69, 9.17) is 4.74 Å². The maximum absolute atomic E-state index is 12.1. The number of hydrogen-bond donors (Lipinski definition) is 1. The lowest BCUT2D eigenvalue weighted by molar-refractivity contribution is 0.0137. The minimum atomic E-state index is -0.177. The van der Waals surface area contributed by atoms with Crippen molar-refractivity contribution in [1.82, 2.24) is 5.32 Å². The van der Waals surface area contributed by atoms with Gasteiger partial charge < -0.3 is 10.1 Å². The molecule has 0 aliphatic carbocycles. The molecule has 3 nitrogen and oxygen atoms in total. The van der Waals surface area contributed by atoms with Crippen LogP contribution in [0.15, 0.2) is 24.3 Å². The normalized spacial score (nSPS) is 22.4. The van der Waals surface area contributed by atoms with Gasteiger partial charge in [-0.1, -0.05) is 19.1 Å². The van der Waals surface area contributed by atoms with Crippen LogP contribution in [0.2, 0.25) is 0 Å². The molecule has 0 unspecified atom stereocenters. The second-order valence-electron chi connectivity index (χ2n) is 4.92. The molecule has 1 aliphatic heterocycles. The molecule has 0 radical (unpaired) electrons. The molecule has 1 saturated heterocycles. The first kappa shape index (κ1) is 14.4. The molecule has 1 N–H and O–H groups in total. The van der Waals surface area contributed by atoms with E-state index < -0.39 is 0 Å². The van der Waals surface area contributed by atoms with Crippen molar-refractivity contribution < 1.29 is 9.53 Å². The fraction of sp³-hybridized carbons (Fsp3) is 0.533. The van der Waals surface area contributed by atoms with Crippen molar-refractivity contribution in [1.29, 1.82) is 0 Å². The predicted molar refractivity (Wildman–Crippen MR) is 79.8 cm³/mol. The molecule has 1 aromatic carbocycles. The first-order valence-corrected chi connectivity index (χ1v) is 7.84. The van der Waals surface area contributed by atoms with Gasteiger partial charge in [0.05, 0.1) is 5.60 Å². The quantitative estimate of drug-likeness (QED) is 0.900. The number of amides is 1. The van der Waals surface area contributed by atoms with Crippen LogP contribution in [-0.4, -0.2) is 36.7 Å². The minimum absolute atomic E-state index is 0.0176. The molecule has 1 fully saturated rings. The topological polar surface area (TPSA) is 38.3 Å². The first-order valence-electron chi connectivity index (χ1n) is 6.69. The van der Waals surface area contributed by atoms with Gasteiger partial charge in [0, 0.05) is 25.0 Å². The van der Waals surface area contributed by atoms with Crippen LogP contribution in [0.3, 0.4) is 0 Å². The number of nitrogens with one attached hydrogen (secondary N) is 1. The van der Waals surface area contributed by atoms with Crippen LogP contribution in [0.25, 0.3) is 0 Å². The SMILES string of the molecule is CCc1ccc(C(=O)NC[C@]2(OC)CCSC2)cc1. The summed E-state index contributed by atoms with van der Waals surface area (Å²) < 4.78 is 5.59. The standard InChI is InChI=1S/C15H21NO2S/c1-3-12-4-6-13(7-5-12)14(17)16-10-15(18-2)8-9-19-11-15/h4-7H,3,8-11H2,1-2H3,(H,16,17)/t15-/m1/s1. The van der Waals surface area contributed by atoms with E-state index in [9.17, 15) is 4.79 Å². The van der Waals surface area contributed by atoms with Crippen LogP contribution in [0.5, 0.6) is 0 Å². The smallest absolute Gasteiger partial charge is 0.251 e. The molecule has 0 saturated carbocycles. The number of rotatable bonds is 5. The van der Waals surface area contributed by atoms with E-state index in [1.807, 2.05) is 36.0 Å². The Morgan fingerprint density at radius 1 is 1.42 bits per heavy atom. The van der Waals surface area contributed by atoms with E-state index in [1.54, 1.807) is 7.11 Å². The van der Waals surface area contributed by atoms with Gasteiger partial charge in [-0.25, -0.2) is 0 Å². The van der Waals surface area contributed by atoms with Crippen LogP contribution in [0, 0.1) is 0 Å². The van der Waals surface area contributed by atoms with E-state index in [-0.39, 0.29) is 11.5 Å². The van der Waals surface area contributed by atoms with E-state index in [0.29, 0.717) is 12.1 Å². The summed E-state index contributed by atoms with van der Waals surface area (Å²) in [6.45, 7) is 2.69. The van der Waals surface area contributed by atoms with E-state index in [1.165, 1.54) is 5.56 Å². The lowest BCUT2D eigenvalue weighted by atomic mass is 10.0. The fourth-order valence-corrected chi connectivity index (χ4v) is 3.59. The summed E-state index contributed by atoms with van der Waals surface area (Å²) in [5, 5.41) is 2.99. The predicted octanol–water partition coefficient (Wildman–Crippen LogP) is 2.50. The molecule has 1 heterocycles. The molecule has 0 aromatic heterocycles. The largest absolute Gasteiger partial charge is 0.376 e. The molecule has 19 heavy (non-hydrogen) atoms. The highest BCUT2D eigenvalue weighted by Gasteiger charge is 2.34. The van der Waals surface area contributed by atoms with Crippen molar-refractivity contribution in [3.8, 4) is 0 Å². The van der Waals surface area contributed by atoms with Gasteiger partial charge in [0.1, 0.15) is 0 Å². The highest BCUT2D eigenvalue weighted by Crippen LogP contribution is 2.30. The van der Waals surface area contributed by atoms with Crippen molar-refractivity contribution in [2.45, 2.75) is 25.4 Å². The summed E-state index contributed by atoms with van der Waals surface area (Å²) in [5.41, 5.74) is 1.79. The monoisotopic (exact) mass is 279 g/mol. The number of ether oxygens (including phenoxy) is 1. The maximum atomic E-state index is 12.1. The van der Waals surface area contributed by atoms with Gasteiger partial charge in [0.2, 0.25) is 0 Å². The zero-order valence-corrected chi connectivity index (χ0v) is 12.4. The van der Waals surface area contributed by atoms with Crippen LogP contribution < -0.4 is 5.32 Å². The number of thioether (sulfide) groups is 1. The van der Waals surface area contributed by atoms with Gasteiger partial charge in [-0.2, -0.15) is 11.8 Å². The Kier molecular flexibility index (Phi) is 4.88. The van der Waals surface area contributed by atoms with Gasteiger partial charge in [0.15, 0.2) is 0 Å². The van der Waals surface area contributed by atoms with Crippen LogP contribution >= 0.6 is 11.8 Å². The second kappa shape index (κ2) is 6.44. The summed E-state index contributed by atoms with van der Waals surface area (Å²) in [4.78, 5) is 12.1. The molecule has 2 rings (SSSR count). The highest BCUT2D eigenvalue weighted by atomic mass is 32.2. The van der Waals surface area contributed by atoms with E-state index >= 15 is 0 Å². The maximum Gasteiger partial charge on any atom is 0.251 e. The third kappa shape index (κ3) is 3.51. The summed E-state index contributed by atoms with van der Waals surface area (Å²) >= 11 is 1.88. The third-order valence-corrected chi connectivity index (χ3v) is 4.92. The Labute approximate surface area is 119 Å². The molecule has 0 spiro atoms. The number of hydrogen-bond acceptors (Lipinski definition) is 3. The number of methoxy groups -OCH3 is 1. The Morgan fingerprint density at radius 2 is 2.16 bits per heavy atom. The third-order valence-electron chi connectivity index (χ3n) is 3.70. The lowest BCUT2D eigenvalue weighted by Crippen LogP contribution is -2.44. The Hall–Kier alpha value is -1.00. The van der Waals surface area contributed by atoms with Crippen molar-refractivity contribution in [2.75, 3.05) is 25.2 Å². The molecule has 1 aliphatic rings. The molecule has 1 aromatic rings. The fourth-order valence-electron chi connectivity index (χ4n) is 2.20. The number of benzene rings is 1. The second-order valence-corrected chi connectivity index (χ2v) is 6.03. The Morgan fingerprint density at radius 3 is 2.68 bits per heavy atom. The molecule has 4 heteroatoms. The number of aryl methyl sites for hydroxylation is 1. The summed E-state index contributed by atoms with van der Waals surface area (Å²) in [6, 6.07) is 7.78. The molecule has 1 atom stereocenters. The van der Waals surface area contributed by atoms with Gasteiger partial charge >= 0.3 is 0 Å². The van der Waals surface area contributed by atoms with Crippen molar-refractivity contribution in [3.05, 3.63) is 35.4 Å². The zero-order valence-electron chi connectivity index (χ0n) is 11.6. The molecular formula is C15H21NO2S. The average Bonchev–Trinajstić information content (AvgIpc) is 2.94. The molecule has 0 bridgehead atoms. The first-order chi connectivity index (χ1) is 9.19. The summed E-state index contributed by atoms with van der Waals surface area (Å²) in [6.07, 6.45) is 2.00. The van der Waals surface area contributed by atoms with Crippen molar-refractivity contribution in [3.63, 3.8) is 0 Å².